The highest BCUT2D eigenvalue weighted by atomic mass is 19.4. The molecule has 0 saturated carbocycles. The van der Waals surface area contributed by atoms with Gasteiger partial charge in [-0.3, -0.25) is 4.79 Å². The van der Waals surface area contributed by atoms with Crippen LogP contribution in [0.25, 0.3) is 0 Å². The molecule has 2 aromatic carbocycles. The van der Waals surface area contributed by atoms with Gasteiger partial charge >= 0.3 is 6.18 Å². The first-order valence-electron chi connectivity index (χ1n) is 10.3. The number of alkyl halides is 3. The SMILES string of the molecule is C=CCN(C)CCCCOc1ccc2c(c1)CCN2C(=O)c1ccc(C(F)(F)F)cc1. The number of halogens is 3. The number of carbonyl (C=O) groups is 1. The zero-order chi connectivity index (χ0) is 22.4. The van der Waals surface area contributed by atoms with Crippen molar-refractivity contribution in [2.24, 2.45) is 0 Å². The van der Waals surface area contributed by atoms with E-state index in [9.17, 15) is 18.0 Å². The predicted octanol–water partition coefficient (Wildman–Crippen LogP) is 5.19. The van der Waals surface area contributed by atoms with Crippen LogP contribution in [-0.2, 0) is 12.6 Å². The van der Waals surface area contributed by atoms with Crippen LogP contribution >= 0.6 is 0 Å². The van der Waals surface area contributed by atoms with E-state index >= 15 is 0 Å². The van der Waals surface area contributed by atoms with E-state index in [2.05, 4.69) is 18.5 Å². The fourth-order valence-corrected chi connectivity index (χ4v) is 3.62. The Bertz CT molecular complexity index is 910. The van der Waals surface area contributed by atoms with Gasteiger partial charge in [-0.15, -0.1) is 6.58 Å². The topological polar surface area (TPSA) is 32.8 Å². The Morgan fingerprint density at radius 3 is 2.61 bits per heavy atom. The van der Waals surface area contributed by atoms with Gasteiger partial charge in [0, 0.05) is 24.3 Å². The molecule has 31 heavy (non-hydrogen) atoms. The van der Waals surface area contributed by atoms with Crippen molar-refractivity contribution in [3.05, 3.63) is 71.8 Å². The third kappa shape index (κ3) is 5.88. The number of nitrogens with zero attached hydrogens (tertiary/aromatic N) is 2. The minimum absolute atomic E-state index is 0.239. The predicted molar refractivity (Wildman–Crippen MR) is 116 cm³/mol. The molecule has 7 heteroatoms. The number of carbonyl (C=O) groups excluding carboxylic acids is 1. The summed E-state index contributed by atoms with van der Waals surface area (Å²) >= 11 is 0. The summed E-state index contributed by atoms with van der Waals surface area (Å²) in [5.74, 6) is 0.465. The monoisotopic (exact) mass is 432 g/mol. The molecular formula is C24H27F3N2O2. The molecule has 0 N–H and O–H groups in total. The molecule has 1 aliphatic rings. The zero-order valence-corrected chi connectivity index (χ0v) is 17.6. The first-order chi connectivity index (χ1) is 14.8. The van der Waals surface area contributed by atoms with E-state index in [-0.39, 0.29) is 11.5 Å². The van der Waals surface area contributed by atoms with Crippen molar-refractivity contribution in [3.63, 3.8) is 0 Å². The second-order valence-electron chi connectivity index (χ2n) is 7.68. The first-order valence-corrected chi connectivity index (χ1v) is 10.3. The Labute approximate surface area is 180 Å². The molecule has 1 heterocycles. The Kier molecular flexibility index (Phi) is 7.38. The lowest BCUT2D eigenvalue weighted by atomic mass is 10.1. The van der Waals surface area contributed by atoms with Gasteiger partial charge in [0.1, 0.15) is 5.75 Å². The molecule has 0 atom stereocenters. The van der Waals surface area contributed by atoms with Gasteiger partial charge in [0.2, 0.25) is 0 Å². The molecule has 2 aromatic rings. The van der Waals surface area contributed by atoms with Crippen molar-refractivity contribution in [1.29, 1.82) is 0 Å². The van der Waals surface area contributed by atoms with Gasteiger partial charge in [0.15, 0.2) is 0 Å². The summed E-state index contributed by atoms with van der Waals surface area (Å²) in [5.41, 5.74) is 1.26. The van der Waals surface area contributed by atoms with E-state index in [1.54, 1.807) is 4.90 Å². The number of likely N-dealkylation sites (N-methyl/N-ethyl adjacent to an activating group) is 1. The maximum atomic E-state index is 12.8. The Balaban J connectivity index is 1.56. The van der Waals surface area contributed by atoms with Crippen LogP contribution in [0.4, 0.5) is 18.9 Å². The molecule has 0 spiro atoms. The van der Waals surface area contributed by atoms with E-state index in [0.717, 1.165) is 55.1 Å². The number of fused-ring (bicyclic) bond motifs is 1. The average molecular weight is 432 g/mol. The zero-order valence-electron chi connectivity index (χ0n) is 17.6. The summed E-state index contributed by atoms with van der Waals surface area (Å²) in [6, 6.07) is 9.96. The van der Waals surface area contributed by atoms with Crippen LogP contribution in [0.2, 0.25) is 0 Å². The number of amides is 1. The summed E-state index contributed by atoms with van der Waals surface area (Å²) in [4.78, 5) is 16.6. The molecule has 166 valence electrons. The highest BCUT2D eigenvalue weighted by Crippen LogP contribution is 2.33. The first kappa shape index (κ1) is 22.9. The van der Waals surface area contributed by atoms with Crippen molar-refractivity contribution < 1.29 is 22.7 Å². The summed E-state index contributed by atoms with van der Waals surface area (Å²) < 4.78 is 44.1. The third-order valence-corrected chi connectivity index (χ3v) is 5.29. The Morgan fingerprint density at radius 2 is 1.94 bits per heavy atom. The molecule has 0 bridgehead atoms. The van der Waals surface area contributed by atoms with Gasteiger partial charge in [0.25, 0.3) is 5.91 Å². The van der Waals surface area contributed by atoms with Crippen LogP contribution in [0, 0.1) is 0 Å². The van der Waals surface area contributed by atoms with Crippen molar-refractivity contribution in [3.8, 4) is 5.75 Å². The van der Waals surface area contributed by atoms with Gasteiger partial charge in [0.05, 0.1) is 12.2 Å². The van der Waals surface area contributed by atoms with Crippen molar-refractivity contribution in [1.82, 2.24) is 4.90 Å². The number of anilines is 1. The molecule has 0 unspecified atom stereocenters. The van der Waals surface area contributed by atoms with Gasteiger partial charge in [-0.25, -0.2) is 0 Å². The molecule has 0 aliphatic carbocycles. The highest BCUT2D eigenvalue weighted by Gasteiger charge is 2.31. The second kappa shape index (κ2) is 10.0. The molecule has 0 fully saturated rings. The lowest BCUT2D eigenvalue weighted by Crippen LogP contribution is -2.28. The average Bonchev–Trinajstić information content (AvgIpc) is 3.16. The standard InChI is InChI=1S/C24H27F3N2O2/c1-3-13-28(2)14-4-5-16-31-21-10-11-22-19(17-21)12-15-29(22)23(30)18-6-8-20(9-7-18)24(25,26)27/h3,6-11,17H,1,4-5,12-16H2,2H3. The summed E-state index contributed by atoms with van der Waals surface area (Å²) in [7, 11) is 2.06. The number of ether oxygens (including phenoxy) is 1. The number of rotatable bonds is 9. The maximum Gasteiger partial charge on any atom is 0.416 e. The van der Waals surface area contributed by atoms with Crippen LogP contribution in [0.15, 0.2) is 55.1 Å². The second-order valence-corrected chi connectivity index (χ2v) is 7.68. The minimum Gasteiger partial charge on any atom is -0.494 e. The number of unbranched alkanes of at least 4 members (excludes halogenated alkanes) is 1. The van der Waals surface area contributed by atoms with Gasteiger partial charge in [-0.1, -0.05) is 6.08 Å². The quantitative estimate of drug-likeness (QED) is 0.404. The number of hydrogen-bond donors (Lipinski definition) is 0. The van der Waals surface area contributed by atoms with E-state index in [4.69, 9.17) is 4.74 Å². The number of hydrogen-bond acceptors (Lipinski definition) is 3. The van der Waals surface area contributed by atoms with E-state index < -0.39 is 11.7 Å². The van der Waals surface area contributed by atoms with E-state index in [1.807, 2.05) is 24.3 Å². The fourth-order valence-electron chi connectivity index (χ4n) is 3.62. The fraction of sp³-hybridized carbons (Fsp3) is 0.375. The van der Waals surface area contributed by atoms with Gasteiger partial charge < -0.3 is 14.5 Å². The molecular weight excluding hydrogens is 405 g/mol. The summed E-state index contributed by atoms with van der Waals surface area (Å²) in [6.45, 7) is 6.70. The van der Waals surface area contributed by atoms with Gasteiger partial charge in [-0.2, -0.15) is 13.2 Å². The van der Waals surface area contributed by atoms with E-state index in [0.29, 0.717) is 19.6 Å². The van der Waals surface area contributed by atoms with Crippen molar-refractivity contribution in [2.45, 2.75) is 25.4 Å². The maximum absolute atomic E-state index is 12.8. The smallest absolute Gasteiger partial charge is 0.416 e. The minimum atomic E-state index is -4.42. The largest absolute Gasteiger partial charge is 0.494 e. The van der Waals surface area contributed by atoms with Crippen LogP contribution in [0.3, 0.4) is 0 Å². The molecule has 0 saturated heterocycles. The van der Waals surface area contributed by atoms with Crippen molar-refractivity contribution in [2.75, 3.05) is 38.2 Å². The molecule has 1 aliphatic heterocycles. The van der Waals surface area contributed by atoms with Gasteiger partial charge in [-0.05, 0) is 80.9 Å². The van der Waals surface area contributed by atoms with Crippen molar-refractivity contribution >= 4 is 11.6 Å². The molecule has 0 radical (unpaired) electrons. The lowest BCUT2D eigenvalue weighted by Gasteiger charge is -2.18. The van der Waals surface area contributed by atoms with Crippen LogP contribution < -0.4 is 9.64 Å². The number of benzene rings is 2. The summed E-state index contributed by atoms with van der Waals surface area (Å²) in [6.07, 6.45) is 0.124. The highest BCUT2D eigenvalue weighted by molar-refractivity contribution is 6.07. The summed E-state index contributed by atoms with van der Waals surface area (Å²) in [5, 5.41) is 0. The normalized spacial score (nSPS) is 13.4. The molecule has 3 rings (SSSR count). The lowest BCUT2D eigenvalue weighted by molar-refractivity contribution is -0.137. The molecule has 1 amide bonds. The third-order valence-electron chi connectivity index (χ3n) is 5.29. The Hall–Kier alpha value is -2.80. The molecule has 0 aromatic heterocycles. The van der Waals surface area contributed by atoms with Crippen LogP contribution in [-0.4, -0.2) is 44.1 Å². The Morgan fingerprint density at radius 1 is 1.19 bits per heavy atom. The van der Waals surface area contributed by atoms with Crippen LogP contribution in [0.1, 0.15) is 34.3 Å². The molecule has 4 nitrogen and oxygen atoms in total. The van der Waals surface area contributed by atoms with Crippen LogP contribution in [0.5, 0.6) is 5.75 Å². The van der Waals surface area contributed by atoms with E-state index in [1.165, 1.54) is 12.1 Å².